The number of nitrogens with zero attached hydrogens (tertiary/aromatic N) is 8. The quantitative estimate of drug-likeness (QED) is 0.527. The second-order valence-electron chi connectivity index (χ2n) is 9.68. The lowest BCUT2D eigenvalue weighted by atomic mass is 9.97. The summed E-state index contributed by atoms with van der Waals surface area (Å²) < 4.78 is 7.21. The molecule has 1 fully saturated rings. The Hall–Kier alpha value is -4.27. The van der Waals surface area contributed by atoms with Crippen LogP contribution >= 0.6 is 0 Å². The van der Waals surface area contributed by atoms with Gasteiger partial charge in [0.15, 0.2) is 11.5 Å². The van der Waals surface area contributed by atoms with Crippen LogP contribution in [0.1, 0.15) is 39.3 Å². The van der Waals surface area contributed by atoms with Crippen LogP contribution in [-0.2, 0) is 11.8 Å². The Morgan fingerprint density at radius 3 is 2.58 bits per heavy atom. The number of nitriles is 1. The molecule has 12 nitrogen and oxygen atoms in total. The van der Waals surface area contributed by atoms with Crippen LogP contribution in [-0.4, -0.2) is 66.2 Å². The Morgan fingerprint density at radius 1 is 1.19 bits per heavy atom. The van der Waals surface area contributed by atoms with E-state index < -0.39 is 5.60 Å². The van der Waals surface area contributed by atoms with E-state index in [9.17, 15) is 4.79 Å². The molecule has 4 rings (SSSR count). The van der Waals surface area contributed by atoms with E-state index in [1.54, 1.807) is 9.58 Å². The zero-order valence-corrected chi connectivity index (χ0v) is 20.9. The second kappa shape index (κ2) is 10.6. The van der Waals surface area contributed by atoms with Crippen LogP contribution in [0.25, 0.3) is 11.4 Å². The van der Waals surface area contributed by atoms with E-state index in [-0.39, 0.29) is 11.8 Å². The molecule has 3 aromatic rings. The van der Waals surface area contributed by atoms with Crippen molar-refractivity contribution in [1.82, 2.24) is 34.8 Å². The minimum atomic E-state index is -0.499. The molecule has 3 aromatic heterocycles. The van der Waals surface area contributed by atoms with Crippen LogP contribution in [0.15, 0.2) is 30.7 Å². The van der Waals surface area contributed by atoms with Crippen molar-refractivity contribution in [2.24, 2.45) is 13.0 Å². The van der Waals surface area contributed by atoms with Gasteiger partial charge >= 0.3 is 6.09 Å². The van der Waals surface area contributed by atoms with Gasteiger partial charge in [-0.15, -0.1) is 10.2 Å². The summed E-state index contributed by atoms with van der Waals surface area (Å²) in [5.41, 5.74) is 1.86. The number of hydrogen-bond donors (Lipinski definition) is 2. The van der Waals surface area contributed by atoms with Gasteiger partial charge in [0.05, 0.1) is 18.1 Å². The van der Waals surface area contributed by atoms with Gasteiger partial charge in [-0.3, -0.25) is 4.68 Å². The van der Waals surface area contributed by atoms with Crippen LogP contribution in [0, 0.1) is 17.2 Å². The molecule has 1 aliphatic rings. The average Bonchev–Trinajstić information content (AvgIpc) is 3.28. The maximum atomic E-state index is 12.4. The molecule has 0 aromatic carbocycles. The molecule has 0 saturated carbocycles. The lowest BCUT2D eigenvalue weighted by Crippen LogP contribution is -2.42. The van der Waals surface area contributed by atoms with Gasteiger partial charge in [0.1, 0.15) is 28.9 Å². The lowest BCUT2D eigenvalue weighted by molar-refractivity contribution is 0.0188. The molecular formula is C24H30N10O2. The van der Waals surface area contributed by atoms with E-state index in [2.05, 4.69) is 35.9 Å². The number of likely N-dealkylation sites (tertiary alicyclic amines) is 1. The average molecular weight is 491 g/mol. The first-order chi connectivity index (χ1) is 17.2. The second-order valence-corrected chi connectivity index (χ2v) is 9.68. The number of rotatable bonds is 6. The first kappa shape index (κ1) is 24.8. The van der Waals surface area contributed by atoms with E-state index in [0.29, 0.717) is 48.6 Å². The van der Waals surface area contributed by atoms with E-state index >= 15 is 0 Å². The third-order valence-electron chi connectivity index (χ3n) is 5.62. The van der Waals surface area contributed by atoms with Crippen LogP contribution in [0.5, 0.6) is 0 Å². The Balaban J connectivity index is 1.44. The van der Waals surface area contributed by atoms with Crippen LogP contribution in [0.2, 0.25) is 0 Å². The SMILES string of the molecule is Cn1ccc(-c2nnc(Nc3cnc(C#N)cn3)cc2NCC2CCN(C(=O)OC(C)(C)C)CC2)n1. The predicted octanol–water partition coefficient (Wildman–Crippen LogP) is 3.34. The van der Waals surface area contributed by atoms with Crippen molar-refractivity contribution >= 4 is 23.4 Å². The summed E-state index contributed by atoms with van der Waals surface area (Å²) in [6.07, 6.45) is 6.20. The molecule has 1 saturated heterocycles. The van der Waals surface area contributed by atoms with Gasteiger partial charge in [0.2, 0.25) is 0 Å². The molecule has 188 valence electrons. The molecule has 12 heteroatoms. The Kier molecular flexibility index (Phi) is 7.28. The summed E-state index contributed by atoms with van der Waals surface area (Å²) in [6, 6.07) is 5.68. The van der Waals surface area contributed by atoms with Crippen LogP contribution in [0.3, 0.4) is 0 Å². The fourth-order valence-electron chi connectivity index (χ4n) is 3.80. The number of piperidine rings is 1. The third kappa shape index (κ3) is 6.44. The normalized spacial score (nSPS) is 14.2. The van der Waals surface area contributed by atoms with Crippen molar-refractivity contribution in [3.8, 4) is 17.5 Å². The van der Waals surface area contributed by atoms with E-state index in [1.807, 2.05) is 52.2 Å². The summed E-state index contributed by atoms with van der Waals surface area (Å²) in [7, 11) is 1.85. The summed E-state index contributed by atoms with van der Waals surface area (Å²) >= 11 is 0. The molecule has 4 heterocycles. The lowest BCUT2D eigenvalue weighted by Gasteiger charge is -2.33. The van der Waals surface area contributed by atoms with Crippen molar-refractivity contribution in [3.63, 3.8) is 0 Å². The van der Waals surface area contributed by atoms with Crippen molar-refractivity contribution in [3.05, 3.63) is 36.4 Å². The molecule has 0 unspecified atom stereocenters. The molecule has 1 aliphatic heterocycles. The standard InChI is InChI=1S/C24H30N10O2/c1-24(2,3)36-23(35)34-9-5-16(6-10-34)13-27-19-11-20(29-21-15-26-17(12-25)14-28-21)30-31-22(19)18-7-8-33(4)32-18/h7-8,11,14-16H,5-6,9-10,13H2,1-4H3,(H2,27,28,29,30). The first-order valence-corrected chi connectivity index (χ1v) is 11.8. The maximum Gasteiger partial charge on any atom is 0.410 e. The third-order valence-corrected chi connectivity index (χ3v) is 5.62. The smallest absolute Gasteiger partial charge is 0.410 e. The number of aryl methyl sites for hydroxylation is 1. The fourth-order valence-corrected chi connectivity index (χ4v) is 3.80. The van der Waals surface area contributed by atoms with Gasteiger partial charge in [0, 0.05) is 38.9 Å². The van der Waals surface area contributed by atoms with Crippen molar-refractivity contribution in [2.75, 3.05) is 30.3 Å². The van der Waals surface area contributed by atoms with E-state index in [1.165, 1.54) is 12.4 Å². The number of carbonyl (C=O) groups is 1. The monoisotopic (exact) mass is 490 g/mol. The summed E-state index contributed by atoms with van der Waals surface area (Å²) in [6.45, 7) is 7.66. The van der Waals surface area contributed by atoms with Crippen LogP contribution < -0.4 is 10.6 Å². The Bertz CT molecular complexity index is 1240. The predicted molar refractivity (Wildman–Crippen MR) is 133 cm³/mol. The van der Waals surface area contributed by atoms with Crippen molar-refractivity contribution in [1.29, 1.82) is 5.26 Å². The highest BCUT2D eigenvalue weighted by atomic mass is 16.6. The van der Waals surface area contributed by atoms with Gasteiger partial charge in [-0.1, -0.05) is 0 Å². The maximum absolute atomic E-state index is 12.4. The summed E-state index contributed by atoms with van der Waals surface area (Å²) in [5, 5.41) is 28.6. The first-order valence-electron chi connectivity index (χ1n) is 11.8. The molecule has 0 aliphatic carbocycles. The summed E-state index contributed by atoms with van der Waals surface area (Å²) in [5.74, 6) is 1.32. The highest BCUT2D eigenvalue weighted by Crippen LogP contribution is 2.28. The van der Waals surface area contributed by atoms with Gasteiger partial charge in [0.25, 0.3) is 0 Å². The van der Waals surface area contributed by atoms with Crippen molar-refractivity contribution in [2.45, 2.75) is 39.2 Å². The molecule has 0 bridgehead atoms. The number of hydrogen-bond acceptors (Lipinski definition) is 10. The molecule has 2 N–H and O–H groups in total. The fraction of sp³-hybridized carbons (Fsp3) is 0.458. The topological polar surface area (TPSA) is 147 Å². The number of ether oxygens (including phenoxy) is 1. The molecule has 0 atom stereocenters. The van der Waals surface area contributed by atoms with Crippen molar-refractivity contribution < 1.29 is 9.53 Å². The minimum absolute atomic E-state index is 0.234. The molecule has 1 amide bonds. The van der Waals surface area contributed by atoms with Gasteiger partial charge < -0.3 is 20.3 Å². The molecule has 0 radical (unpaired) electrons. The zero-order valence-electron chi connectivity index (χ0n) is 20.9. The van der Waals surface area contributed by atoms with Gasteiger partial charge in [-0.2, -0.15) is 10.4 Å². The van der Waals surface area contributed by atoms with Gasteiger partial charge in [-0.25, -0.2) is 14.8 Å². The largest absolute Gasteiger partial charge is 0.444 e. The Morgan fingerprint density at radius 2 is 1.97 bits per heavy atom. The van der Waals surface area contributed by atoms with E-state index in [0.717, 1.165) is 18.5 Å². The highest BCUT2D eigenvalue weighted by molar-refractivity contribution is 5.74. The van der Waals surface area contributed by atoms with Crippen LogP contribution in [0.4, 0.5) is 22.1 Å². The number of aromatic nitrogens is 6. The number of amides is 1. The van der Waals surface area contributed by atoms with Gasteiger partial charge in [-0.05, 0) is 45.6 Å². The molecule has 0 spiro atoms. The van der Waals surface area contributed by atoms with E-state index in [4.69, 9.17) is 10.00 Å². The Labute approximate surface area is 209 Å². The minimum Gasteiger partial charge on any atom is -0.444 e. The highest BCUT2D eigenvalue weighted by Gasteiger charge is 2.27. The number of nitrogens with one attached hydrogen (secondary N) is 2. The molecule has 36 heavy (non-hydrogen) atoms. The molecular weight excluding hydrogens is 460 g/mol. The number of carbonyl (C=O) groups excluding carboxylic acids is 1. The number of anilines is 3. The summed E-state index contributed by atoms with van der Waals surface area (Å²) in [4.78, 5) is 22.3. The zero-order chi connectivity index (χ0) is 25.7.